The molecule has 1 aromatic carbocycles. The SMILES string of the molecule is CNCCc1cn(C)nc1-c1coc2ccccc12. The smallest absolute Gasteiger partial charge is 0.134 e. The molecule has 2 aromatic heterocycles. The zero-order valence-electron chi connectivity index (χ0n) is 11.2. The van der Waals surface area contributed by atoms with E-state index in [4.69, 9.17) is 4.42 Å². The minimum Gasteiger partial charge on any atom is -0.464 e. The van der Waals surface area contributed by atoms with Crippen LogP contribution in [0.25, 0.3) is 22.2 Å². The van der Waals surface area contributed by atoms with Gasteiger partial charge in [-0.2, -0.15) is 5.10 Å². The third-order valence-corrected chi connectivity index (χ3v) is 3.29. The van der Waals surface area contributed by atoms with Gasteiger partial charge in [0.2, 0.25) is 0 Å². The monoisotopic (exact) mass is 255 g/mol. The molecule has 2 heterocycles. The van der Waals surface area contributed by atoms with Crippen molar-refractivity contribution in [1.82, 2.24) is 15.1 Å². The van der Waals surface area contributed by atoms with Crippen LogP contribution in [0.5, 0.6) is 0 Å². The molecule has 0 fully saturated rings. The van der Waals surface area contributed by atoms with Gasteiger partial charge in [-0.05, 0) is 31.6 Å². The largest absolute Gasteiger partial charge is 0.464 e. The maximum atomic E-state index is 5.61. The summed E-state index contributed by atoms with van der Waals surface area (Å²) in [5.74, 6) is 0. The number of nitrogens with one attached hydrogen (secondary N) is 1. The second-order valence-corrected chi connectivity index (χ2v) is 4.68. The van der Waals surface area contributed by atoms with Crippen molar-refractivity contribution >= 4 is 11.0 Å². The van der Waals surface area contributed by atoms with Gasteiger partial charge in [0.25, 0.3) is 0 Å². The molecular formula is C15H17N3O. The molecule has 0 saturated carbocycles. The second-order valence-electron chi connectivity index (χ2n) is 4.68. The molecule has 3 rings (SSSR count). The fourth-order valence-corrected chi connectivity index (χ4v) is 2.37. The molecule has 0 spiro atoms. The Morgan fingerprint density at radius 2 is 2.16 bits per heavy atom. The lowest BCUT2D eigenvalue weighted by Gasteiger charge is -2.00. The van der Waals surface area contributed by atoms with E-state index in [2.05, 4.69) is 22.7 Å². The van der Waals surface area contributed by atoms with E-state index in [0.717, 1.165) is 35.2 Å². The predicted octanol–water partition coefficient (Wildman–Crippen LogP) is 2.60. The van der Waals surface area contributed by atoms with Crippen molar-refractivity contribution in [2.75, 3.05) is 13.6 Å². The molecule has 0 bridgehead atoms. The maximum absolute atomic E-state index is 5.61. The molecule has 0 aliphatic carbocycles. The van der Waals surface area contributed by atoms with Gasteiger partial charge in [0, 0.05) is 24.2 Å². The van der Waals surface area contributed by atoms with Crippen LogP contribution in [-0.2, 0) is 13.5 Å². The molecule has 0 amide bonds. The van der Waals surface area contributed by atoms with Crippen molar-refractivity contribution in [3.63, 3.8) is 0 Å². The molecule has 4 nitrogen and oxygen atoms in total. The number of rotatable bonds is 4. The van der Waals surface area contributed by atoms with Gasteiger partial charge in [0.05, 0.1) is 5.69 Å². The molecule has 0 radical (unpaired) electrons. The highest BCUT2D eigenvalue weighted by atomic mass is 16.3. The minimum absolute atomic E-state index is 0.905. The van der Waals surface area contributed by atoms with E-state index in [0.29, 0.717) is 0 Å². The highest BCUT2D eigenvalue weighted by Crippen LogP contribution is 2.31. The lowest BCUT2D eigenvalue weighted by Crippen LogP contribution is -2.10. The number of aryl methyl sites for hydroxylation is 1. The number of nitrogens with zero attached hydrogens (tertiary/aromatic N) is 2. The van der Waals surface area contributed by atoms with E-state index < -0.39 is 0 Å². The van der Waals surface area contributed by atoms with E-state index >= 15 is 0 Å². The van der Waals surface area contributed by atoms with Gasteiger partial charge in [-0.25, -0.2) is 0 Å². The van der Waals surface area contributed by atoms with E-state index in [1.54, 1.807) is 6.26 Å². The van der Waals surface area contributed by atoms with Crippen molar-refractivity contribution in [3.05, 3.63) is 42.3 Å². The average molecular weight is 255 g/mol. The molecule has 3 aromatic rings. The number of aromatic nitrogens is 2. The summed E-state index contributed by atoms with van der Waals surface area (Å²) in [6, 6.07) is 8.06. The van der Waals surface area contributed by atoms with Gasteiger partial charge in [0.15, 0.2) is 0 Å². The van der Waals surface area contributed by atoms with Gasteiger partial charge in [0.1, 0.15) is 11.8 Å². The summed E-state index contributed by atoms with van der Waals surface area (Å²) in [5, 5.41) is 8.88. The first-order valence-corrected chi connectivity index (χ1v) is 6.43. The van der Waals surface area contributed by atoms with E-state index in [1.807, 2.05) is 37.0 Å². The Labute approximate surface area is 112 Å². The second kappa shape index (κ2) is 4.90. The Balaban J connectivity index is 2.10. The topological polar surface area (TPSA) is 43.0 Å². The lowest BCUT2D eigenvalue weighted by atomic mass is 10.1. The first kappa shape index (κ1) is 12.0. The van der Waals surface area contributed by atoms with Crippen LogP contribution in [0.1, 0.15) is 5.56 Å². The number of likely N-dealkylation sites (N-methyl/N-ethyl adjacent to an activating group) is 1. The Morgan fingerprint density at radius 3 is 3.00 bits per heavy atom. The fraction of sp³-hybridized carbons (Fsp3) is 0.267. The van der Waals surface area contributed by atoms with Crippen LogP contribution in [0.2, 0.25) is 0 Å². The standard InChI is InChI=1S/C15H17N3O/c1-16-8-7-11-9-18(2)17-15(11)13-10-19-14-6-4-3-5-12(13)14/h3-6,9-10,16H,7-8H2,1-2H3. The number of hydrogen-bond acceptors (Lipinski definition) is 3. The van der Waals surface area contributed by atoms with Crippen LogP contribution < -0.4 is 5.32 Å². The summed E-state index contributed by atoms with van der Waals surface area (Å²) in [6.45, 7) is 0.939. The van der Waals surface area contributed by atoms with E-state index in [-0.39, 0.29) is 0 Å². The van der Waals surface area contributed by atoms with Gasteiger partial charge in [-0.15, -0.1) is 0 Å². The summed E-state index contributed by atoms with van der Waals surface area (Å²) in [5.41, 5.74) is 4.23. The van der Waals surface area contributed by atoms with Gasteiger partial charge in [-0.3, -0.25) is 4.68 Å². The molecule has 0 aliphatic heterocycles. The molecule has 98 valence electrons. The fourth-order valence-electron chi connectivity index (χ4n) is 2.37. The first-order chi connectivity index (χ1) is 9.29. The average Bonchev–Trinajstić information content (AvgIpc) is 2.99. The maximum Gasteiger partial charge on any atom is 0.134 e. The molecule has 0 aliphatic rings. The molecule has 0 unspecified atom stereocenters. The summed E-state index contributed by atoms with van der Waals surface area (Å²) in [7, 11) is 3.91. The Hall–Kier alpha value is -2.07. The number of furan rings is 1. The lowest BCUT2D eigenvalue weighted by molar-refractivity contribution is 0.616. The third kappa shape index (κ3) is 2.15. The summed E-state index contributed by atoms with van der Waals surface area (Å²) < 4.78 is 7.47. The highest BCUT2D eigenvalue weighted by Gasteiger charge is 2.14. The highest BCUT2D eigenvalue weighted by molar-refractivity contribution is 5.93. The summed E-state index contributed by atoms with van der Waals surface area (Å²) >= 11 is 0. The molecular weight excluding hydrogens is 238 g/mol. The van der Waals surface area contributed by atoms with Crippen LogP contribution in [0, 0.1) is 0 Å². The zero-order chi connectivity index (χ0) is 13.2. The van der Waals surface area contributed by atoms with Crippen LogP contribution in [0.3, 0.4) is 0 Å². The van der Waals surface area contributed by atoms with Gasteiger partial charge < -0.3 is 9.73 Å². The predicted molar refractivity (Wildman–Crippen MR) is 76.0 cm³/mol. The van der Waals surface area contributed by atoms with Gasteiger partial charge in [-0.1, -0.05) is 18.2 Å². The molecule has 19 heavy (non-hydrogen) atoms. The van der Waals surface area contributed by atoms with Crippen molar-refractivity contribution in [3.8, 4) is 11.3 Å². The van der Waals surface area contributed by atoms with Crippen LogP contribution in [-0.4, -0.2) is 23.4 Å². The van der Waals surface area contributed by atoms with Crippen molar-refractivity contribution < 1.29 is 4.42 Å². The van der Waals surface area contributed by atoms with Crippen molar-refractivity contribution in [2.45, 2.75) is 6.42 Å². The van der Waals surface area contributed by atoms with Crippen LogP contribution >= 0.6 is 0 Å². The number of hydrogen-bond donors (Lipinski definition) is 1. The number of benzene rings is 1. The first-order valence-electron chi connectivity index (χ1n) is 6.43. The quantitative estimate of drug-likeness (QED) is 0.779. The van der Waals surface area contributed by atoms with E-state index in [1.165, 1.54) is 5.56 Å². The van der Waals surface area contributed by atoms with Crippen molar-refractivity contribution in [1.29, 1.82) is 0 Å². The zero-order valence-corrected chi connectivity index (χ0v) is 11.2. The van der Waals surface area contributed by atoms with Gasteiger partial charge >= 0.3 is 0 Å². The number of fused-ring (bicyclic) bond motifs is 1. The third-order valence-electron chi connectivity index (χ3n) is 3.29. The molecule has 0 saturated heterocycles. The van der Waals surface area contributed by atoms with Crippen LogP contribution in [0.15, 0.2) is 41.1 Å². The summed E-state index contributed by atoms with van der Waals surface area (Å²) in [6.07, 6.45) is 4.84. The van der Waals surface area contributed by atoms with E-state index in [9.17, 15) is 0 Å². The Bertz CT molecular complexity index is 696. The van der Waals surface area contributed by atoms with Crippen LogP contribution in [0.4, 0.5) is 0 Å². The Kier molecular flexibility index (Phi) is 3.09. The number of para-hydroxylation sites is 1. The normalized spacial score (nSPS) is 11.3. The molecule has 0 atom stereocenters. The molecule has 1 N–H and O–H groups in total. The summed E-state index contributed by atoms with van der Waals surface area (Å²) in [4.78, 5) is 0. The van der Waals surface area contributed by atoms with Crippen molar-refractivity contribution in [2.24, 2.45) is 7.05 Å². The minimum atomic E-state index is 0.905. The molecule has 4 heteroatoms. The Morgan fingerprint density at radius 1 is 1.32 bits per heavy atom.